The summed E-state index contributed by atoms with van der Waals surface area (Å²) in [6, 6.07) is 6.50. The van der Waals surface area contributed by atoms with E-state index in [9.17, 15) is 17.6 Å². The maximum absolute atomic E-state index is 13.5. The molecule has 0 saturated carbocycles. The van der Waals surface area contributed by atoms with E-state index in [0.29, 0.717) is 5.56 Å². The molecule has 0 radical (unpaired) electrons. The number of rotatable bonds is 4. The smallest absolute Gasteiger partial charge is 0.282 e. The summed E-state index contributed by atoms with van der Waals surface area (Å²) in [4.78, 5) is 14.6. The molecule has 0 aliphatic carbocycles. The molecular formula is C13H12FN3O3S. The molecular weight excluding hydrogens is 297 g/mol. The van der Waals surface area contributed by atoms with Gasteiger partial charge in [0.15, 0.2) is 5.82 Å². The van der Waals surface area contributed by atoms with Crippen LogP contribution in [-0.4, -0.2) is 19.3 Å². The van der Waals surface area contributed by atoms with Crippen LogP contribution in [0.4, 0.5) is 10.1 Å². The molecule has 110 valence electrons. The highest BCUT2D eigenvalue weighted by atomic mass is 32.2. The first kappa shape index (κ1) is 14.9. The molecule has 0 atom stereocenters. The van der Waals surface area contributed by atoms with Crippen LogP contribution >= 0.6 is 0 Å². The van der Waals surface area contributed by atoms with Gasteiger partial charge in [-0.25, -0.2) is 9.37 Å². The van der Waals surface area contributed by atoms with E-state index in [1.165, 1.54) is 30.5 Å². The summed E-state index contributed by atoms with van der Waals surface area (Å²) >= 11 is 0. The molecule has 0 bridgehead atoms. The fourth-order valence-corrected chi connectivity index (χ4v) is 2.83. The van der Waals surface area contributed by atoms with Crippen molar-refractivity contribution in [3.63, 3.8) is 0 Å². The summed E-state index contributed by atoms with van der Waals surface area (Å²) in [5.41, 5.74) is 6.07. The number of hydrogen-bond donors (Lipinski definition) is 2. The van der Waals surface area contributed by atoms with E-state index >= 15 is 0 Å². The number of aryl methyl sites for hydroxylation is 1. The summed E-state index contributed by atoms with van der Waals surface area (Å²) < 4.78 is 39.9. The van der Waals surface area contributed by atoms with Crippen LogP contribution in [-0.2, 0) is 10.0 Å². The Bertz CT molecular complexity index is 806. The Morgan fingerprint density at radius 1 is 1.33 bits per heavy atom. The molecule has 0 unspecified atom stereocenters. The molecule has 0 aliphatic heterocycles. The van der Waals surface area contributed by atoms with Crippen LogP contribution in [0.1, 0.15) is 15.9 Å². The molecule has 21 heavy (non-hydrogen) atoms. The van der Waals surface area contributed by atoms with Crippen molar-refractivity contribution in [2.75, 3.05) is 4.72 Å². The number of halogens is 1. The number of primary amides is 1. The van der Waals surface area contributed by atoms with E-state index in [4.69, 9.17) is 5.73 Å². The van der Waals surface area contributed by atoms with Crippen molar-refractivity contribution in [2.45, 2.75) is 11.9 Å². The summed E-state index contributed by atoms with van der Waals surface area (Å²) in [6.07, 6.45) is 1.18. The lowest BCUT2D eigenvalue weighted by atomic mass is 10.1. The molecule has 1 aromatic heterocycles. The molecule has 6 nitrogen and oxygen atoms in total. The molecule has 2 rings (SSSR count). The minimum absolute atomic E-state index is 0.213. The zero-order chi connectivity index (χ0) is 15.6. The number of amides is 1. The number of nitrogens with two attached hydrogens (primary N) is 1. The Balaban J connectivity index is 2.38. The van der Waals surface area contributed by atoms with Gasteiger partial charge in [0.25, 0.3) is 10.0 Å². The Kier molecular flexibility index (Phi) is 3.90. The third-order valence-corrected chi connectivity index (χ3v) is 4.03. The largest absolute Gasteiger partial charge is 0.366 e. The van der Waals surface area contributed by atoms with Crippen LogP contribution in [0, 0.1) is 12.7 Å². The maximum Gasteiger partial charge on any atom is 0.282 e. The lowest BCUT2D eigenvalue weighted by Gasteiger charge is -2.11. The quantitative estimate of drug-likeness (QED) is 0.891. The summed E-state index contributed by atoms with van der Waals surface area (Å²) in [5, 5.41) is -0.691. The normalized spacial score (nSPS) is 11.1. The summed E-state index contributed by atoms with van der Waals surface area (Å²) in [5.74, 6) is -1.57. The number of nitrogens with zero attached hydrogens (tertiary/aromatic N) is 1. The van der Waals surface area contributed by atoms with E-state index in [1.54, 1.807) is 6.92 Å². The van der Waals surface area contributed by atoms with Crippen molar-refractivity contribution < 1.29 is 17.6 Å². The predicted molar refractivity (Wildman–Crippen MR) is 74.7 cm³/mol. The third kappa shape index (κ3) is 3.16. The van der Waals surface area contributed by atoms with E-state index in [2.05, 4.69) is 9.71 Å². The molecule has 8 heteroatoms. The van der Waals surface area contributed by atoms with Crippen molar-refractivity contribution in [2.24, 2.45) is 5.73 Å². The Morgan fingerprint density at radius 2 is 2.05 bits per heavy atom. The van der Waals surface area contributed by atoms with Gasteiger partial charge in [0.1, 0.15) is 0 Å². The lowest BCUT2D eigenvalue weighted by molar-refractivity contribution is 0.1000. The van der Waals surface area contributed by atoms with Gasteiger partial charge in [0, 0.05) is 11.8 Å². The van der Waals surface area contributed by atoms with Crippen LogP contribution in [0.5, 0.6) is 0 Å². The fraction of sp³-hybridized carbons (Fsp3) is 0.0769. The standard InChI is InChI=1S/C13H12FN3O3S/c1-8-7-9(12(15)18)4-5-11(8)17-21(19,20)13-10(14)3-2-6-16-13/h2-7,17H,1H3,(H2,15,18). The van der Waals surface area contributed by atoms with Crippen molar-refractivity contribution >= 4 is 21.6 Å². The van der Waals surface area contributed by atoms with Crippen LogP contribution in [0.25, 0.3) is 0 Å². The van der Waals surface area contributed by atoms with Gasteiger partial charge >= 0.3 is 0 Å². The number of anilines is 1. The lowest BCUT2D eigenvalue weighted by Crippen LogP contribution is -2.17. The maximum atomic E-state index is 13.5. The number of sulfonamides is 1. The third-order valence-electron chi connectivity index (χ3n) is 2.73. The Hall–Kier alpha value is -2.48. The molecule has 1 heterocycles. The fourth-order valence-electron chi connectivity index (χ4n) is 1.69. The highest BCUT2D eigenvalue weighted by molar-refractivity contribution is 7.92. The molecule has 0 aliphatic rings. The highest BCUT2D eigenvalue weighted by Gasteiger charge is 2.21. The van der Waals surface area contributed by atoms with Gasteiger partial charge in [-0.1, -0.05) is 0 Å². The van der Waals surface area contributed by atoms with Crippen LogP contribution in [0.15, 0.2) is 41.6 Å². The van der Waals surface area contributed by atoms with Gasteiger partial charge in [-0.05, 0) is 42.8 Å². The van der Waals surface area contributed by atoms with Crippen LogP contribution < -0.4 is 10.5 Å². The van der Waals surface area contributed by atoms with Crippen molar-refractivity contribution in [1.82, 2.24) is 4.98 Å². The number of benzene rings is 1. The van der Waals surface area contributed by atoms with Crippen LogP contribution in [0.2, 0.25) is 0 Å². The van der Waals surface area contributed by atoms with Gasteiger partial charge in [0.2, 0.25) is 10.9 Å². The average molecular weight is 309 g/mol. The van der Waals surface area contributed by atoms with Gasteiger partial charge in [-0.2, -0.15) is 8.42 Å². The Labute approximate surface area is 120 Å². The Morgan fingerprint density at radius 3 is 2.62 bits per heavy atom. The first-order chi connectivity index (χ1) is 9.81. The van der Waals surface area contributed by atoms with Crippen molar-refractivity contribution in [3.05, 3.63) is 53.5 Å². The number of hydrogen-bond acceptors (Lipinski definition) is 4. The number of nitrogens with one attached hydrogen (secondary N) is 1. The zero-order valence-corrected chi connectivity index (χ0v) is 11.8. The van der Waals surface area contributed by atoms with Gasteiger partial charge < -0.3 is 5.73 Å². The second-order valence-electron chi connectivity index (χ2n) is 4.29. The number of carbonyl (C=O) groups excluding carboxylic acids is 1. The second-order valence-corrected chi connectivity index (χ2v) is 5.89. The number of carbonyl (C=O) groups is 1. The van der Waals surface area contributed by atoms with Gasteiger partial charge in [-0.3, -0.25) is 9.52 Å². The molecule has 2 aromatic rings. The van der Waals surface area contributed by atoms with Crippen LogP contribution in [0.3, 0.4) is 0 Å². The summed E-state index contributed by atoms with van der Waals surface area (Å²) in [6.45, 7) is 1.60. The van der Waals surface area contributed by atoms with E-state index in [0.717, 1.165) is 6.07 Å². The first-order valence-corrected chi connectivity index (χ1v) is 7.33. The van der Waals surface area contributed by atoms with Crippen molar-refractivity contribution in [3.8, 4) is 0 Å². The zero-order valence-electron chi connectivity index (χ0n) is 11.0. The molecule has 0 saturated heterocycles. The topological polar surface area (TPSA) is 102 Å². The predicted octanol–water partition coefficient (Wildman–Crippen LogP) is 1.43. The van der Waals surface area contributed by atoms with Gasteiger partial charge in [0.05, 0.1) is 5.69 Å². The molecule has 0 spiro atoms. The summed E-state index contributed by atoms with van der Waals surface area (Å²) in [7, 11) is -4.15. The molecule has 0 fully saturated rings. The van der Waals surface area contributed by atoms with Gasteiger partial charge in [-0.15, -0.1) is 0 Å². The second kappa shape index (κ2) is 5.49. The highest BCUT2D eigenvalue weighted by Crippen LogP contribution is 2.21. The monoisotopic (exact) mass is 309 g/mol. The number of pyridine rings is 1. The average Bonchev–Trinajstić information content (AvgIpc) is 2.41. The molecule has 1 amide bonds. The van der Waals surface area contributed by atoms with E-state index in [-0.39, 0.29) is 11.3 Å². The SMILES string of the molecule is Cc1cc(C(N)=O)ccc1NS(=O)(=O)c1ncccc1F. The van der Waals surface area contributed by atoms with Crippen molar-refractivity contribution in [1.29, 1.82) is 0 Å². The van der Waals surface area contributed by atoms with E-state index < -0.39 is 26.8 Å². The molecule has 3 N–H and O–H groups in total. The minimum atomic E-state index is -4.15. The molecule has 1 aromatic carbocycles. The van der Waals surface area contributed by atoms with E-state index in [1.807, 2.05) is 0 Å². The first-order valence-electron chi connectivity index (χ1n) is 5.85. The number of aromatic nitrogens is 1. The minimum Gasteiger partial charge on any atom is -0.366 e.